The van der Waals surface area contributed by atoms with Gasteiger partial charge in [-0.25, -0.2) is 9.97 Å². The molecule has 1 spiro atoms. The lowest BCUT2D eigenvalue weighted by Crippen LogP contribution is -2.41. The fraction of sp³-hybridized carbons (Fsp3) is 0.667. The van der Waals surface area contributed by atoms with Crippen molar-refractivity contribution in [2.24, 2.45) is 10.4 Å². The Balaban J connectivity index is 0.00000176. The van der Waals surface area contributed by atoms with Crippen molar-refractivity contribution < 1.29 is 4.74 Å². The zero-order valence-electron chi connectivity index (χ0n) is 13.2. The molecule has 122 valence electrons. The van der Waals surface area contributed by atoms with E-state index in [-0.39, 0.29) is 24.0 Å². The van der Waals surface area contributed by atoms with Crippen LogP contribution in [0.4, 0.5) is 0 Å². The molecular weight excluding hydrogens is 393 g/mol. The van der Waals surface area contributed by atoms with Crippen LogP contribution in [0.3, 0.4) is 0 Å². The second kappa shape index (κ2) is 7.54. The minimum atomic E-state index is 0. The van der Waals surface area contributed by atoms with E-state index >= 15 is 0 Å². The van der Waals surface area contributed by atoms with Gasteiger partial charge in [0.15, 0.2) is 5.96 Å². The van der Waals surface area contributed by atoms with Crippen LogP contribution in [-0.4, -0.2) is 54.2 Å². The summed E-state index contributed by atoms with van der Waals surface area (Å²) in [5.41, 5.74) is 1.34. The maximum Gasteiger partial charge on any atom is 0.193 e. The number of aliphatic imine (C=N–C) groups is 1. The Labute approximate surface area is 148 Å². The molecular formula is C15H24IN5O. The normalized spacial score (nSPS) is 24.6. The number of hydrogen-bond donors (Lipinski definition) is 1. The van der Waals surface area contributed by atoms with Crippen LogP contribution < -0.4 is 5.32 Å². The summed E-state index contributed by atoms with van der Waals surface area (Å²) in [6.45, 7) is 6.46. The summed E-state index contributed by atoms with van der Waals surface area (Å²) >= 11 is 0. The number of hydrogen-bond acceptors (Lipinski definition) is 4. The van der Waals surface area contributed by atoms with Crippen molar-refractivity contribution in [3.63, 3.8) is 0 Å². The van der Waals surface area contributed by atoms with Gasteiger partial charge in [0.1, 0.15) is 5.82 Å². The molecule has 2 aliphatic rings. The molecule has 1 atom stereocenters. The predicted octanol–water partition coefficient (Wildman–Crippen LogP) is 1.59. The highest BCUT2D eigenvalue weighted by molar-refractivity contribution is 14.0. The molecule has 1 aromatic heterocycles. The highest BCUT2D eigenvalue weighted by Gasteiger charge is 2.42. The number of nitrogens with zero attached hydrogens (tertiary/aromatic N) is 4. The van der Waals surface area contributed by atoms with Crippen LogP contribution in [0.1, 0.15) is 24.4 Å². The van der Waals surface area contributed by atoms with E-state index in [1.54, 1.807) is 6.20 Å². The van der Waals surface area contributed by atoms with Crippen LogP contribution in [0.25, 0.3) is 0 Å². The van der Waals surface area contributed by atoms with Gasteiger partial charge in [0.05, 0.1) is 18.8 Å². The van der Waals surface area contributed by atoms with Gasteiger partial charge in [0.2, 0.25) is 0 Å². The van der Waals surface area contributed by atoms with Crippen molar-refractivity contribution in [1.82, 2.24) is 20.2 Å². The molecule has 2 fully saturated rings. The van der Waals surface area contributed by atoms with Crippen LogP contribution in [-0.2, 0) is 11.3 Å². The maximum absolute atomic E-state index is 5.58. The van der Waals surface area contributed by atoms with E-state index in [2.05, 4.69) is 25.2 Å². The zero-order chi connectivity index (χ0) is 14.7. The summed E-state index contributed by atoms with van der Waals surface area (Å²) in [6, 6.07) is 1.93. The third-order valence-electron chi connectivity index (χ3n) is 4.40. The largest absolute Gasteiger partial charge is 0.381 e. The van der Waals surface area contributed by atoms with Crippen LogP contribution in [0, 0.1) is 12.3 Å². The lowest BCUT2D eigenvalue weighted by molar-refractivity contribution is 0.156. The van der Waals surface area contributed by atoms with Gasteiger partial charge in [-0.1, -0.05) is 0 Å². The number of halogens is 1. The van der Waals surface area contributed by atoms with Crippen molar-refractivity contribution in [1.29, 1.82) is 0 Å². The highest BCUT2D eigenvalue weighted by Crippen LogP contribution is 2.38. The van der Waals surface area contributed by atoms with E-state index in [9.17, 15) is 0 Å². The zero-order valence-corrected chi connectivity index (χ0v) is 15.5. The molecule has 0 aromatic carbocycles. The maximum atomic E-state index is 5.58. The second-order valence-corrected chi connectivity index (χ2v) is 5.97. The molecule has 2 aliphatic heterocycles. The molecule has 1 N–H and O–H groups in total. The SMILES string of the molecule is CN=C(NCc1ccnc(C)n1)N1CCC2(CCOC2)C1.I. The number of aromatic nitrogens is 2. The van der Waals surface area contributed by atoms with E-state index in [0.717, 1.165) is 43.8 Å². The van der Waals surface area contributed by atoms with Gasteiger partial charge in [-0.15, -0.1) is 24.0 Å². The highest BCUT2D eigenvalue weighted by atomic mass is 127. The summed E-state index contributed by atoms with van der Waals surface area (Å²) in [5, 5.41) is 3.41. The summed E-state index contributed by atoms with van der Waals surface area (Å²) in [5.74, 6) is 1.75. The van der Waals surface area contributed by atoms with Gasteiger partial charge in [-0.3, -0.25) is 4.99 Å². The summed E-state index contributed by atoms with van der Waals surface area (Å²) < 4.78 is 5.58. The van der Waals surface area contributed by atoms with E-state index in [0.29, 0.717) is 12.0 Å². The molecule has 0 aliphatic carbocycles. The van der Waals surface area contributed by atoms with Gasteiger partial charge >= 0.3 is 0 Å². The monoisotopic (exact) mass is 417 g/mol. The van der Waals surface area contributed by atoms with Gasteiger partial charge < -0.3 is 15.0 Å². The van der Waals surface area contributed by atoms with E-state index < -0.39 is 0 Å². The van der Waals surface area contributed by atoms with Crippen LogP contribution in [0.2, 0.25) is 0 Å². The van der Waals surface area contributed by atoms with Crippen LogP contribution in [0.5, 0.6) is 0 Å². The molecule has 0 amide bonds. The Kier molecular flexibility index (Phi) is 5.96. The van der Waals surface area contributed by atoms with Gasteiger partial charge in [-0.05, 0) is 25.8 Å². The molecule has 3 rings (SSSR count). The Morgan fingerprint density at radius 1 is 1.50 bits per heavy atom. The number of aryl methyl sites for hydroxylation is 1. The molecule has 0 bridgehead atoms. The molecule has 3 heterocycles. The first-order valence-electron chi connectivity index (χ1n) is 7.53. The number of guanidine groups is 1. The topological polar surface area (TPSA) is 62.6 Å². The van der Waals surface area contributed by atoms with Crippen molar-refractivity contribution in [2.45, 2.75) is 26.3 Å². The average Bonchev–Trinajstić information content (AvgIpc) is 3.11. The van der Waals surface area contributed by atoms with Crippen molar-refractivity contribution in [3.8, 4) is 0 Å². The first-order valence-corrected chi connectivity index (χ1v) is 7.53. The Hall–Kier alpha value is -0.960. The van der Waals surface area contributed by atoms with Crippen LogP contribution in [0.15, 0.2) is 17.3 Å². The van der Waals surface area contributed by atoms with Crippen LogP contribution >= 0.6 is 24.0 Å². The first-order chi connectivity index (χ1) is 10.2. The third kappa shape index (κ3) is 3.87. The van der Waals surface area contributed by atoms with Crippen molar-refractivity contribution in [3.05, 3.63) is 23.8 Å². The van der Waals surface area contributed by atoms with Crippen molar-refractivity contribution in [2.75, 3.05) is 33.4 Å². The first kappa shape index (κ1) is 17.4. The molecule has 1 unspecified atom stereocenters. The fourth-order valence-electron chi connectivity index (χ4n) is 3.19. The molecule has 1 aromatic rings. The van der Waals surface area contributed by atoms with Gasteiger partial charge in [0.25, 0.3) is 0 Å². The molecule has 22 heavy (non-hydrogen) atoms. The van der Waals surface area contributed by atoms with E-state index in [4.69, 9.17) is 4.74 Å². The number of nitrogens with one attached hydrogen (secondary N) is 1. The molecule has 0 saturated carbocycles. The number of likely N-dealkylation sites (tertiary alicyclic amines) is 1. The average molecular weight is 417 g/mol. The molecule has 6 nitrogen and oxygen atoms in total. The Bertz CT molecular complexity index is 530. The second-order valence-electron chi connectivity index (χ2n) is 5.97. The molecule has 0 radical (unpaired) electrons. The molecule has 7 heteroatoms. The van der Waals surface area contributed by atoms with E-state index in [1.807, 2.05) is 20.0 Å². The summed E-state index contributed by atoms with van der Waals surface area (Å²) in [7, 11) is 1.84. The Morgan fingerprint density at radius 2 is 2.36 bits per heavy atom. The predicted molar refractivity (Wildman–Crippen MR) is 96.4 cm³/mol. The van der Waals surface area contributed by atoms with E-state index in [1.165, 1.54) is 12.8 Å². The quantitative estimate of drug-likeness (QED) is 0.450. The number of ether oxygens (including phenoxy) is 1. The Morgan fingerprint density at radius 3 is 3.05 bits per heavy atom. The summed E-state index contributed by atoms with van der Waals surface area (Å²) in [6.07, 6.45) is 4.16. The third-order valence-corrected chi connectivity index (χ3v) is 4.40. The lowest BCUT2D eigenvalue weighted by Gasteiger charge is -2.24. The summed E-state index contributed by atoms with van der Waals surface area (Å²) in [4.78, 5) is 15.3. The fourth-order valence-corrected chi connectivity index (χ4v) is 3.19. The minimum Gasteiger partial charge on any atom is -0.381 e. The standard InChI is InChI=1S/C15H23N5O.HI/c1-12-17-6-3-13(19-12)9-18-14(16-2)20-7-4-15(10-20)5-8-21-11-15;/h3,6H,4-5,7-11H2,1-2H3,(H,16,18);1H. The van der Waals surface area contributed by atoms with Gasteiger partial charge in [-0.2, -0.15) is 0 Å². The molecule has 2 saturated heterocycles. The minimum absolute atomic E-state index is 0. The van der Waals surface area contributed by atoms with Crippen molar-refractivity contribution >= 4 is 29.9 Å². The van der Waals surface area contributed by atoms with Gasteiger partial charge in [0, 0.05) is 38.4 Å². The number of rotatable bonds is 2. The smallest absolute Gasteiger partial charge is 0.193 e. The lowest BCUT2D eigenvalue weighted by atomic mass is 9.87.